The van der Waals surface area contributed by atoms with Gasteiger partial charge in [0.2, 0.25) is 0 Å². The molecule has 0 unspecified atom stereocenters. The van der Waals surface area contributed by atoms with Gasteiger partial charge in [0.1, 0.15) is 0 Å². The largest absolute Gasteiger partial charge is 0.383 e. The molecule has 0 N–H and O–H groups in total. The van der Waals surface area contributed by atoms with E-state index in [1.807, 2.05) is 4.68 Å². The number of morpholine rings is 1. The summed E-state index contributed by atoms with van der Waals surface area (Å²) in [7, 11) is 1.71. The van der Waals surface area contributed by atoms with Crippen LogP contribution in [0.1, 0.15) is 0 Å². The zero-order valence-corrected chi connectivity index (χ0v) is 11.2. The van der Waals surface area contributed by atoms with Crippen LogP contribution in [0.2, 0.25) is 0 Å². The quantitative estimate of drug-likeness (QED) is 0.836. The van der Waals surface area contributed by atoms with Crippen LogP contribution in [-0.2, 0) is 16.0 Å². The molecule has 2 aromatic rings. The van der Waals surface area contributed by atoms with E-state index in [0.717, 1.165) is 38.4 Å². The molecule has 5 heteroatoms. The summed E-state index contributed by atoms with van der Waals surface area (Å²) in [4.78, 5) is 2.34. The monoisotopic (exact) mass is 261 g/mol. The first-order valence-electron chi connectivity index (χ1n) is 6.66. The van der Waals surface area contributed by atoms with Gasteiger partial charge in [0.05, 0.1) is 31.9 Å². The lowest BCUT2D eigenvalue weighted by Crippen LogP contribution is -2.36. The fourth-order valence-corrected chi connectivity index (χ4v) is 2.37. The molecule has 1 saturated heterocycles. The zero-order valence-electron chi connectivity index (χ0n) is 11.2. The highest BCUT2D eigenvalue weighted by Crippen LogP contribution is 2.22. The summed E-state index contributed by atoms with van der Waals surface area (Å²) in [5.41, 5.74) is 2.27. The summed E-state index contributed by atoms with van der Waals surface area (Å²) in [6.07, 6.45) is 2.07. The second-order valence-corrected chi connectivity index (χ2v) is 4.73. The summed E-state index contributed by atoms with van der Waals surface area (Å²) in [6, 6.07) is 6.45. The highest BCUT2D eigenvalue weighted by atomic mass is 16.5. The molecule has 1 aromatic carbocycles. The Bertz CT molecular complexity index is 547. The standard InChI is InChI=1S/C14H19N3O2/c1-18-7-6-17-11-12-2-3-13(10-14(12)15-17)16-4-8-19-9-5-16/h2-3,10-11H,4-9H2,1H3. The van der Waals surface area contributed by atoms with Gasteiger partial charge < -0.3 is 14.4 Å². The maximum absolute atomic E-state index is 5.38. The van der Waals surface area contributed by atoms with Gasteiger partial charge in [0.15, 0.2) is 0 Å². The molecule has 19 heavy (non-hydrogen) atoms. The van der Waals surface area contributed by atoms with Crippen molar-refractivity contribution >= 4 is 16.6 Å². The lowest BCUT2D eigenvalue weighted by atomic mass is 10.2. The Hall–Kier alpha value is -1.59. The van der Waals surface area contributed by atoms with Gasteiger partial charge in [-0.1, -0.05) is 0 Å². The second kappa shape index (κ2) is 5.59. The number of hydrogen-bond acceptors (Lipinski definition) is 4. The lowest BCUT2D eigenvalue weighted by molar-refractivity contribution is 0.122. The Balaban J connectivity index is 1.83. The van der Waals surface area contributed by atoms with Crippen molar-refractivity contribution < 1.29 is 9.47 Å². The number of hydrogen-bond donors (Lipinski definition) is 0. The van der Waals surface area contributed by atoms with Crippen LogP contribution in [0.5, 0.6) is 0 Å². The SMILES string of the molecule is COCCn1cc2ccc(N3CCOCC3)cc2n1. The van der Waals surface area contributed by atoms with E-state index in [0.29, 0.717) is 6.61 Å². The van der Waals surface area contributed by atoms with E-state index >= 15 is 0 Å². The number of aromatic nitrogens is 2. The third-order valence-electron chi connectivity index (χ3n) is 3.44. The number of methoxy groups -OCH3 is 1. The molecule has 102 valence electrons. The third kappa shape index (κ3) is 2.72. The van der Waals surface area contributed by atoms with Gasteiger partial charge in [-0.25, -0.2) is 0 Å². The van der Waals surface area contributed by atoms with Gasteiger partial charge in [-0.05, 0) is 18.2 Å². The van der Waals surface area contributed by atoms with Crippen molar-refractivity contribution in [1.29, 1.82) is 0 Å². The van der Waals surface area contributed by atoms with Crippen LogP contribution in [0.15, 0.2) is 24.4 Å². The predicted molar refractivity (Wildman–Crippen MR) is 74.6 cm³/mol. The summed E-state index contributed by atoms with van der Waals surface area (Å²) in [5.74, 6) is 0. The van der Waals surface area contributed by atoms with E-state index < -0.39 is 0 Å². The smallest absolute Gasteiger partial charge is 0.0943 e. The fraction of sp³-hybridized carbons (Fsp3) is 0.500. The van der Waals surface area contributed by atoms with Gasteiger partial charge in [0.25, 0.3) is 0 Å². The van der Waals surface area contributed by atoms with Crippen LogP contribution in [0.4, 0.5) is 5.69 Å². The van der Waals surface area contributed by atoms with Crippen molar-refractivity contribution in [2.24, 2.45) is 0 Å². The second-order valence-electron chi connectivity index (χ2n) is 4.73. The minimum atomic E-state index is 0.685. The summed E-state index contributed by atoms with van der Waals surface area (Å²) in [6.45, 7) is 4.99. The molecule has 0 saturated carbocycles. The number of ether oxygens (including phenoxy) is 2. The number of fused-ring (bicyclic) bond motifs is 1. The molecule has 1 aliphatic heterocycles. The molecule has 5 nitrogen and oxygen atoms in total. The first-order valence-corrected chi connectivity index (χ1v) is 6.66. The van der Waals surface area contributed by atoms with Gasteiger partial charge in [-0.15, -0.1) is 0 Å². The van der Waals surface area contributed by atoms with Crippen molar-refractivity contribution in [3.05, 3.63) is 24.4 Å². The highest BCUT2D eigenvalue weighted by Gasteiger charge is 2.12. The molecule has 0 aliphatic carbocycles. The molecule has 2 heterocycles. The summed E-state index contributed by atoms with van der Waals surface area (Å²) in [5, 5.41) is 5.76. The predicted octanol–water partition coefficient (Wildman–Crippen LogP) is 1.52. The van der Waals surface area contributed by atoms with Gasteiger partial charge in [0, 0.05) is 37.5 Å². The molecule has 0 atom stereocenters. The van der Waals surface area contributed by atoms with Crippen LogP contribution in [0, 0.1) is 0 Å². The van der Waals surface area contributed by atoms with Crippen LogP contribution >= 0.6 is 0 Å². The molecule has 1 aromatic heterocycles. The Morgan fingerprint density at radius 3 is 2.95 bits per heavy atom. The Morgan fingerprint density at radius 1 is 1.32 bits per heavy atom. The zero-order chi connectivity index (χ0) is 13.1. The lowest BCUT2D eigenvalue weighted by Gasteiger charge is -2.28. The van der Waals surface area contributed by atoms with E-state index in [1.54, 1.807) is 7.11 Å². The first kappa shape index (κ1) is 12.4. The molecular weight excluding hydrogens is 242 g/mol. The first-order chi connectivity index (χ1) is 9.36. The number of benzene rings is 1. The number of rotatable bonds is 4. The van der Waals surface area contributed by atoms with Crippen molar-refractivity contribution in [3.8, 4) is 0 Å². The van der Waals surface area contributed by atoms with Crippen molar-refractivity contribution in [2.75, 3.05) is 44.9 Å². The molecule has 0 bridgehead atoms. The van der Waals surface area contributed by atoms with E-state index in [1.165, 1.54) is 11.1 Å². The highest BCUT2D eigenvalue weighted by molar-refractivity contribution is 5.82. The molecular formula is C14H19N3O2. The van der Waals surface area contributed by atoms with E-state index in [2.05, 4.69) is 34.4 Å². The number of nitrogens with zero attached hydrogens (tertiary/aromatic N) is 3. The molecule has 1 aliphatic rings. The molecule has 0 amide bonds. The minimum absolute atomic E-state index is 0.685. The average Bonchev–Trinajstić information content (AvgIpc) is 2.87. The minimum Gasteiger partial charge on any atom is -0.383 e. The molecule has 0 radical (unpaired) electrons. The van der Waals surface area contributed by atoms with Crippen LogP contribution in [-0.4, -0.2) is 49.8 Å². The van der Waals surface area contributed by atoms with Crippen molar-refractivity contribution in [1.82, 2.24) is 9.78 Å². The third-order valence-corrected chi connectivity index (χ3v) is 3.44. The van der Waals surface area contributed by atoms with Gasteiger partial charge in [-0.2, -0.15) is 5.10 Å². The van der Waals surface area contributed by atoms with E-state index in [-0.39, 0.29) is 0 Å². The maximum atomic E-state index is 5.38. The van der Waals surface area contributed by atoms with E-state index in [4.69, 9.17) is 9.47 Å². The number of anilines is 1. The summed E-state index contributed by atoms with van der Waals surface area (Å²) >= 11 is 0. The average molecular weight is 261 g/mol. The molecule has 3 rings (SSSR count). The maximum Gasteiger partial charge on any atom is 0.0943 e. The van der Waals surface area contributed by atoms with Gasteiger partial charge in [-0.3, -0.25) is 4.68 Å². The topological polar surface area (TPSA) is 39.5 Å². The van der Waals surface area contributed by atoms with Crippen LogP contribution < -0.4 is 4.90 Å². The van der Waals surface area contributed by atoms with Crippen molar-refractivity contribution in [2.45, 2.75) is 6.54 Å². The Kier molecular flexibility index (Phi) is 3.66. The van der Waals surface area contributed by atoms with Gasteiger partial charge >= 0.3 is 0 Å². The summed E-state index contributed by atoms with van der Waals surface area (Å²) < 4.78 is 12.4. The molecule has 1 fully saturated rings. The molecule has 0 spiro atoms. The fourth-order valence-electron chi connectivity index (χ4n) is 2.37. The van der Waals surface area contributed by atoms with E-state index in [9.17, 15) is 0 Å². The Morgan fingerprint density at radius 2 is 2.16 bits per heavy atom. The Labute approximate surface area is 112 Å². The van der Waals surface area contributed by atoms with Crippen LogP contribution in [0.3, 0.4) is 0 Å². The normalized spacial score (nSPS) is 16.2. The van der Waals surface area contributed by atoms with Crippen molar-refractivity contribution in [3.63, 3.8) is 0 Å². The van der Waals surface area contributed by atoms with Crippen LogP contribution in [0.25, 0.3) is 10.9 Å².